The second-order valence-electron chi connectivity index (χ2n) is 4.56. The van der Waals surface area contributed by atoms with Crippen molar-refractivity contribution in [2.24, 2.45) is 0 Å². The van der Waals surface area contributed by atoms with E-state index < -0.39 is 18.0 Å². The average Bonchev–Trinajstić information content (AvgIpc) is 2.55. The summed E-state index contributed by atoms with van der Waals surface area (Å²) in [5, 5.41) is 11.8. The summed E-state index contributed by atoms with van der Waals surface area (Å²) in [7, 11) is 0. The van der Waals surface area contributed by atoms with Crippen molar-refractivity contribution in [2.75, 3.05) is 5.32 Å². The molecule has 1 amide bonds. The quantitative estimate of drug-likeness (QED) is 0.687. The predicted octanol–water partition coefficient (Wildman–Crippen LogP) is 2.79. The molecule has 6 nitrogen and oxygen atoms in total. The summed E-state index contributed by atoms with van der Waals surface area (Å²) >= 11 is 5.64. The van der Waals surface area contributed by atoms with Crippen LogP contribution in [0.4, 0.5) is 5.69 Å². The maximum atomic E-state index is 12.1. The molecule has 0 aliphatic carbocycles. The number of anilines is 1. The molecule has 0 spiro atoms. The third kappa shape index (κ3) is 4.28. The Bertz CT molecular complexity index is 769. The van der Waals surface area contributed by atoms with Crippen LogP contribution in [-0.2, 0) is 9.53 Å². The predicted molar refractivity (Wildman–Crippen MR) is 83.9 cm³/mol. The van der Waals surface area contributed by atoms with Crippen LogP contribution < -0.4 is 5.32 Å². The summed E-state index contributed by atoms with van der Waals surface area (Å²) in [6.45, 7) is 1.44. The number of amides is 1. The number of rotatable bonds is 4. The van der Waals surface area contributed by atoms with Crippen LogP contribution in [0, 0.1) is 11.3 Å². The summed E-state index contributed by atoms with van der Waals surface area (Å²) < 4.78 is 5.07. The zero-order valence-corrected chi connectivity index (χ0v) is 12.9. The van der Waals surface area contributed by atoms with Crippen LogP contribution in [0.5, 0.6) is 0 Å². The minimum Gasteiger partial charge on any atom is -0.449 e. The molecule has 1 N–H and O–H groups in total. The first-order valence-corrected chi connectivity index (χ1v) is 7.01. The van der Waals surface area contributed by atoms with Crippen LogP contribution >= 0.6 is 11.6 Å². The number of aromatic nitrogens is 1. The van der Waals surface area contributed by atoms with Gasteiger partial charge in [-0.15, -0.1) is 0 Å². The summed E-state index contributed by atoms with van der Waals surface area (Å²) in [6.07, 6.45) is 0.227. The third-order valence-electron chi connectivity index (χ3n) is 2.92. The summed E-state index contributed by atoms with van der Waals surface area (Å²) in [4.78, 5) is 27.7. The van der Waals surface area contributed by atoms with Crippen molar-refractivity contribution in [1.29, 1.82) is 5.26 Å². The highest BCUT2D eigenvalue weighted by atomic mass is 35.5. The Kier molecular flexibility index (Phi) is 5.28. The number of benzene rings is 1. The Morgan fingerprint density at radius 3 is 2.70 bits per heavy atom. The maximum Gasteiger partial charge on any atom is 0.340 e. The molecule has 1 aromatic carbocycles. The van der Waals surface area contributed by atoms with E-state index in [0.717, 1.165) is 0 Å². The van der Waals surface area contributed by atoms with E-state index in [1.165, 1.54) is 25.3 Å². The molecule has 23 heavy (non-hydrogen) atoms. The SMILES string of the molecule is C[C@H](OC(=O)c1ccc(Cl)nc1)C(=O)Nc1ccccc1C#N. The van der Waals surface area contributed by atoms with Crippen molar-refractivity contribution >= 4 is 29.2 Å². The second-order valence-corrected chi connectivity index (χ2v) is 4.95. The minimum atomic E-state index is -1.04. The number of esters is 1. The van der Waals surface area contributed by atoms with Gasteiger partial charge in [-0.05, 0) is 31.2 Å². The number of nitrogens with zero attached hydrogens (tertiary/aromatic N) is 2. The van der Waals surface area contributed by atoms with Gasteiger partial charge in [-0.2, -0.15) is 5.26 Å². The molecule has 0 saturated heterocycles. The van der Waals surface area contributed by atoms with Crippen LogP contribution in [0.3, 0.4) is 0 Å². The molecule has 0 aliphatic rings. The molecule has 0 fully saturated rings. The first kappa shape index (κ1) is 16.5. The molecule has 0 aliphatic heterocycles. The molecule has 7 heteroatoms. The summed E-state index contributed by atoms with van der Waals surface area (Å²) in [6, 6.07) is 11.4. The average molecular weight is 330 g/mol. The number of carbonyl (C=O) groups is 2. The molecule has 0 saturated carbocycles. The molecule has 1 atom stereocenters. The van der Waals surface area contributed by atoms with E-state index >= 15 is 0 Å². The topological polar surface area (TPSA) is 92.1 Å². The molecule has 2 aromatic rings. The molecule has 0 bridgehead atoms. The lowest BCUT2D eigenvalue weighted by Gasteiger charge is -2.14. The zero-order chi connectivity index (χ0) is 16.8. The molecular formula is C16H12ClN3O3. The van der Waals surface area contributed by atoms with E-state index in [9.17, 15) is 9.59 Å². The highest BCUT2D eigenvalue weighted by Gasteiger charge is 2.20. The van der Waals surface area contributed by atoms with Gasteiger partial charge in [0.25, 0.3) is 5.91 Å². The van der Waals surface area contributed by atoms with Crippen LogP contribution in [0.15, 0.2) is 42.6 Å². The largest absolute Gasteiger partial charge is 0.449 e. The van der Waals surface area contributed by atoms with Gasteiger partial charge in [0, 0.05) is 6.20 Å². The first-order valence-electron chi connectivity index (χ1n) is 6.64. The van der Waals surface area contributed by atoms with Gasteiger partial charge in [-0.3, -0.25) is 4.79 Å². The van der Waals surface area contributed by atoms with Crippen molar-refractivity contribution in [1.82, 2.24) is 4.98 Å². The van der Waals surface area contributed by atoms with Gasteiger partial charge in [0.2, 0.25) is 0 Å². The lowest BCUT2D eigenvalue weighted by atomic mass is 10.2. The Labute approximate surface area is 137 Å². The first-order chi connectivity index (χ1) is 11.0. The molecule has 0 unspecified atom stereocenters. The van der Waals surface area contributed by atoms with Crippen molar-refractivity contribution in [3.8, 4) is 6.07 Å². The minimum absolute atomic E-state index is 0.187. The number of ether oxygens (including phenoxy) is 1. The van der Waals surface area contributed by atoms with Crippen molar-refractivity contribution in [3.05, 3.63) is 58.9 Å². The number of halogens is 1. The van der Waals surface area contributed by atoms with E-state index in [0.29, 0.717) is 11.3 Å². The normalized spacial score (nSPS) is 11.2. The molecule has 2 rings (SSSR count). The Morgan fingerprint density at radius 2 is 2.04 bits per heavy atom. The fourth-order valence-corrected chi connectivity index (χ4v) is 1.81. The van der Waals surface area contributed by atoms with Crippen LogP contribution in [-0.4, -0.2) is 23.0 Å². The van der Waals surface area contributed by atoms with Crippen LogP contribution in [0.2, 0.25) is 5.15 Å². The standard InChI is InChI=1S/C16H12ClN3O3/c1-10(23-16(22)12-6-7-14(17)19-9-12)15(21)20-13-5-3-2-4-11(13)8-18/h2-7,9-10H,1H3,(H,20,21)/t10-/m0/s1. The molecule has 1 aromatic heterocycles. The lowest BCUT2D eigenvalue weighted by molar-refractivity contribution is -0.123. The molecule has 1 heterocycles. The van der Waals surface area contributed by atoms with Crippen molar-refractivity contribution < 1.29 is 14.3 Å². The monoisotopic (exact) mass is 329 g/mol. The van der Waals surface area contributed by atoms with Gasteiger partial charge in [-0.1, -0.05) is 23.7 Å². The fourth-order valence-electron chi connectivity index (χ4n) is 1.70. The Hall–Kier alpha value is -2.91. The number of nitrogens with one attached hydrogen (secondary N) is 1. The molecule has 0 radical (unpaired) electrons. The van der Waals surface area contributed by atoms with Crippen molar-refractivity contribution in [2.45, 2.75) is 13.0 Å². The Morgan fingerprint density at radius 1 is 1.30 bits per heavy atom. The molecular weight excluding hydrogens is 318 g/mol. The van der Waals surface area contributed by atoms with Crippen molar-refractivity contribution in [3.63, 3.8) is 0 Å². The Balaban J connectivity index is 2.01. The number of carbonyl (C=O) groups excluding carboxylic acids is 2. The number of pyridine rings is 1. The van der Waals surface area contributed by atoms with Crippen LogP contribution in [0.25, 0.3) is 0 Å². The second kappa shape index (κ2) is 7.38. The van der Waals surface area contributed by atoms with Crippen LogP contribution in [0.1, 0.15) is 22.8 Å². The van der Waals surface area contributed by atoms with Gasteiger partial charge in [0.15, 0.2) is 6.10 Å². The highest BCUT2D eigenvalue weighted by molar-refractivity contribution is 6.29. The zero-order valence-electron chi connectivity index (χ0n) is 12.1. The number of hydrogen-bond acceptors (Lipinski definition) is 5. The summed E-state index contributed by atoms with van der Waals surface area (Å²) in [5.74, 6) is -1.23. The van der Waals surface area contributed by atoms with Gasteiger partial charge in [0.1, 0.15) is 11.2 Å². The van der Waals surface area contributed by atoms with E-state index in [-0.39, 0.29) is 10.7 Å². The van der Waals surface area contributed by atoms with Gasteiger partial charge in [0.05, 0.1) is 16.8 Å². The lowest BCUT2D eigenvalue weighted by Crippen LogP contribution is -2.30. The number of nitriles is 1. The summed E-state index contributed by atoms with van der Waals surface area (Å²) in [5.41, 5.74) is 0.865. The fraction of sp³-hybridized carbons (Fsp3) is 0.125. The van der Waals surface area contributed by atoms with Gasteiger partial charge in [-0.25, -0.2) is 9.78 Å². The van der Waals surface area contributed by atoms with E-state index in [1.807, 2.05) is 6.07 Å². The smallest absolute Gasteiger partial charge is 0.340 e. The van der Waals surface area contributed by atoms with E-state index in [2.05, 4.69) is 10.3 Å². The molecule has 116 valence electrons. The van der Waals surface area contributed by atoms with E-state index in [1.54, 1.807) is 24.3 Å². The van der Waals surface area contributed by atoms with Gasteiger partial charge < -0.3 is 10.1 Å². The number of para-hydroxylation sites is 1. The maximum absolute atomic E-state index is 12.1. The highest BCUT2D eigenvalue weighted by Crippen LogP contribution is 2.14. The van der Waals surface area contributed by atoms with Gasteiger partial charge >= 0.3 is 5.97 Å². The number of hydrogen-bond donors (Lipinski definition) is 1. The van der Waals surface area contributed by atoms with E-state index in [4.69, 9.17) is 21.6 Å². The third-order valence-corrected chi connectivity index (χ3v) is 3.15.